The number of benzene rings is 1. The van der Waals surface area contributed by atoms with Crippen LogP contribution in [0.15, 0.2) is 36.4 Å². The fraction of sp³-hybridized carbons (Fsp3) is 0.353. The predicted octanol–water partition coefficient (Wildman–Crippen LogP) is 0.752. The average molecular weight is 296 g/mol. The number of carboxylic acids is 1. The molecule has 5 nitrogen and oxygen atoms in total. The van der Waals surface area contributed by atoms with Gasteiger partial charge >= 0.3 is 0 Å². The van der Waals surface area contributed by atoms with E-state index in [-0.39, 0.29) is 35.1 Å². The number of amides is 2. The summed E-state index contributed by atoms with van der Waals surface area (Å²) in [5.74, 6) is -1.90. The van der Waals surface area contributed by atoms with Gasteiger partial charge in [0, 0.05) is 0 Å². The van der Waals surface area contributed by atoms with Crippen LogP contribution in [0.5, 0.6) is 0 Å². The fourth-order valence-electron chi connectivity index (χ4n) is 4.32. The van der Waals surface area contributed by atoms with E-state index in [1.807, 2.05) is 19.1 Å². The average Bonchev–Trinajstić information content (AvgIpc) is 3.12. The highest BCUT2D eigenvalue weighted by atomic mass is 16.4. The van der Waals surface area contributed by atoms with Crippen molar-refractivity contribution < 1.29 is 19.5 Å². The molecule has 3 aliphatic rings. The minimum atomic E-state index is -1.32. The highest BCUT2D eigenvalue weighted by Crippen LogP contribution is 2.60. The van der Waals surface area contributed by atoms with Gasteiger partial charge in [0.2, 0.25) is 11.8 Å². The maximum absolute atomic E-state index is 12.9. The van der Waals surface area contributed by atoms with Crippen molar-refractivity contribution in [1.82, 2.24) is 0 Å². The Balaban J connectivity index is 1.79. The Kier molecular flexibility index (Phi) is 2.45. The van der Waals surface area contributed by atoms with Gasteiger partial charge in [-0.25, -0.2) is 4.90 Å². The molecule has 0 spiro atoms. The molecular weight excluding hydrogens is 282 g/mol. The van der Waals surface area contributed by atoms with Crippen LogP contribution in [0, 0.1) is 23.2 Å². The van der Waals surface area contributed by atoms with Gasteiger partial charge in [0.05, 0.1) is 23.0 Å². The highest BCUT2D eigenvalue weighted by molar-refractivity contribution is 6.24. The molecule has 1 saturated carbocycles. The second kappa shape index (κ2) is 4.06. The van der Waals surface area contributed by atoms with E-state index in [9.17, 15) is 19.5 Å². The number of hydrogen-bond acceptors (Lipinski definition) is 4. The zero-order valence-electron chi connectivity index (χ0n) is 12.0. The second-order valence-corrected chi connectivity index (χ2v) is 6.47. The monoisotopic (exact) mass is 296 g/mol. The SMILES string of the molecule is C[C@]12C(=O)N(c3cccc(C(=O)[O-])c3)C(=O)[C@H]1[C@@H]1C=C[C@@H]2C1. The van der Waals surface area contributed by atoms with Crippen LogP contribution >= 0.6 is 0 Å². The molecule has 1 aromatic carbocycles. The second-order valence-electron chi connectivity index (χ2n) is 6.47. The summed E-state index contributed by atoms with van der Waals surface area (Å²) < 4.78 is 0. The Morgan fingerprint density at radius 2 is 2.09 bits per heavy atom. The van der Waals surface area contributed by atoms with Gasteiger partial charge in [-0.3, -0.25) is 9.59 Å². The van der Waals surface area contributed by atoms with Crippen LogP contribution in [0.4, 0.5) is 5.69 Å². The number of nitrogens with zero attached hydrogens (tertiary/aromatic N) is 1. The molecule has 5 heteroatoms. The molecule has 112 valence electrons. The third-order valence-electron chi connectivity index (χ3n) is 5.45. The summed E-state index contributed by atoms with van der Waals surface area (Å²) in [6, 6.07) is 5.81. The predicted molar refractivity (Wildman–Crippen MR) is 75.6 cm³/mol. The van der Waals surface area contributed by atoms with E-state index in [1.54, 1.807) is 6.07 Å². The largest absolute Gasteiger partial charge is 0.545 e. The van der Waals surface area contributed by atoms with Crippen molar-refractivity contribution in [2.45, 2.75) is 13.3 Å². The number of carbonyl (C=O) groups excluding carboxylic acids is 3. The van der Waals surface area contributed by atoms with Crippen LogP contribution < -0.4 is 10.0 Å². The smallest absolute Gasteiger partial charge is 0.241 e. The summed E-state index contributed by atoms with van der Waals surface area (Å²) in [5.41, 5.74) is -0.429. The van der Waals surface area contributed by atoms with E-state index in [1.165, 1.54) is 18.2 Å². The van der Waals surface area contributed by atoms with E-state index in [0.29, 0.717) is 5.69 Å². The van der Waals surface area contributed by atoms with Gasteiger partial charge in [-0.05, 0) is 42.9 Å². The van der Waals surface area contributed by atoms with Crippen LogP contribution in [-0.4, -0.2) is 17.8 Å². The van der Waals surface area contributed by atoms with Crippen molar-refractivity contribution >= 4 is 23.5 Å². The molecule has 0 radical (unpaired) electrons. The quantitative estimate of drug-likeness (QED) is 0.596. The number of imide groups is 1. The molecule has 1 saturated heterocycles. The lowest BCUT2D eigenvalue weighted by atomic mass is 9.71. The molecule has 1 aliphatic heterocycles. The molecule has 2 bridgehead atoms. The molecule has 4 atom stereocenters. The molecule has 0 aromatic heterocycles. The standard InChI is InChI=1S/C17H15NO4/c1-17-11-6-5-9(7-11)13(17)14(19)18(16(17)22)12-4-2-3-10(8-12)15(20)21/h2-6,8-9,11,13H,7H2,1H3,(H,20,21)/p-1/t9-,11-,13-,17-/m1/s1. The lowest BCUT2D eigenvalue weighted by Crippen LogP contribution is -2.37. The van der Waals surface area contributed by atoms with Crippen LogP contribution in [0.3, 0.4) is 0 Å². The molecule has 0 unspecified atom stereocenters. The van der Waals surface area contributed by atoms with Crippen LogP contribution in [-0.2, 0) is 9.59 Å². The summed E-state index contributed by atoms with van der Waals surface area (Å²) in [6.07, 6.45) is 4.92. The van der Waals surface area contributed by atoms with Crippen LogP contribution in [0.1, 0.15) is 23.7 Å². The summed E-state index contributed by atoms with van der Waals surface area (Å²) in [4.78, 5) is 37.8. The molecule has 2 fully saturated rings. The van der Waals surface area contributed by atoms with Crippen molar-refractivity contribution in [3.8, 4) is 0 Å². The van der Waals surface area contributed by atoms with Crippen molar-refractivity contribution in [3.05, 3.63) is 42.0 Å². The van der Waals surface area contributed by atoms with E-state index in [0.717, 1.165) is 11.3 Å². The number of carbonyl (C=O) groups is 3. The highest BCUT2D eigenvalue weighted by Gasteiger charge is 2.67. The van der Waals surface area contributed by atoms with E-state index in [2.05, 4.69) is 0 Å². The maximum atomic E-state index is 12.9. The normalized spacial score (nSPS) is 35.3. The maximum Gasteiger partial charge on any atom is 0.241 e. The van der Waals surface area contributed by atoms with Gasteiger partial charge in [-0.1, -0.05) is 24.3 Å². The van der Waals surface area contributed by atoms with Crippen molar-refractivity contribution in [2.75, 3.05) is 4.90 Å². The van der Waals surface area contributed by atoms with E-state index >= 15 is 0 Å². The Hall–Kier alpha value is -2.43. The first kappa shape index (κ1) is 13.2. The third kappa shape index (κ3) is 1.41. The zero-order valence-corrected chi connectivity index (χ0v) is 12.0. The number of anilines is 1. The van der Waals surface area contributed by atoms with Gasteiger partial charge in [-0.15, -0.1) is 0 Å². The summed E-state index contributed by atoms with van der Waals surface area (Å²) in [5, 5.41) is 11.0. The third-order valence-corrected chi connectivity index (χ3v) is 5.45. The van der Waals surface area contributed by atoms with E-state index in [4.69, 9.17) is 0 Å². The van der Waals surface area contributed by atoms with Gasteiger partial charge in [0.25, 0.3) is 0 Å². The van der Waals surface area contributed by atoms with Gasteiger partial charge in [0.1, 0.15) is 0 Å². The van der Waals surface area contributed by atoms with Gasteiger partial charge < -0.3 is 9.90 Å². The number of carboxylic acid groups (broad SMARTS) is 1. The Morgan fingerprint density at radius 1 is 1.32 bits per heavy atom. The Labute approximate surface area is 127 Å². The van der Waals surface area contributed by atoms with Gasteiger partial charge in [-0.2, -0.15) is 0 Å². The molecule has 0 N–H and O–H groups in total. The first-order valence-corrected chi connectivity index (χ1v) is 7.32. The van der Waals surface area contributed by atoms with Gasteiger partial charge in [0.15, 0.2) is 0 Å². The van der Waals surface area contributed by atoms with Crippen molar-refractivity contribution in [3.63, 3.8) is 0 Å². The zero-order chi connectivity index (χ0) is 15.6. The topological polar surface area (TPSA) is 77.5 Å². The molecule has 2 amide bonds. The fourth-order valence-corrected chi connectivity index (χ4v) is 4.32. The van der Waals surface area contributed by atoms with Crippen molar-refractivity contribution in [1.29, 1.82) is 0 Å². The molecular formula is C17H14NO4-. The van der Waals surface area contributed by atoms with E-state index < -0.39 is 11.4 Å². The summed E-state index contributed by atoms with van der Waals surface area (Å²) >= 11 is 0. The number of allylic oxidation sites excluding steroid dienone is 2. The minimum absolute atomic E-state index is 0.0404. The van der Waals surface area contributed by atoms with Crippen LogP contribution in [0.25, 0.3) is 0 Å². The van der Waals surface area contributed by atoms with Crippen molar-refractivity contribution in [2.24, 2.45) is 23.2 Å². The lowest BCUT2D eigenvalue weighted by molar-refractivity contribution is -0.255. The summed E-state index contributed by atoms with van der Waals surface area (Å²) in [6.45, 7) is 1.86. The first-order valence-electron chi connectivity index (χ1n) is 7.32. The lowest BCUT2D eigenvalue weighted by Gasteiger charge is -2.28. The number of rotatable bonds is 2. The Morgan fingerprint density at radius 3 is 2.77 bits per heavy atom. The minimum Gasteiger partial charge on any atom is -0.545 e. The molecule has 1 heterocycles. The molecule has 22 heavy (non-hydrogen) atoms. The first-order chi connectivity index (χ1) is 10.4. The Bertz CT molecular complexity index is 753. The number of hydrogen-bond donors (Lipinski definition) is 0. The number of fused-ring (bicyclic) bond motifs is 5. The molecule has 4 rings (SSSR count). The van der Waals surface area contributed by atoms with Crippen LogP contribution in [0.2, 0.25) is 0 Å². The number of aromatic carboxylic acids is 1. The molecule has 2 aliphatic carbocycles. The molecule has 1 aromatic rings. The summed E-state index contributed by atoms with van der Waals surface area (Å²) in [7, 11) is 0.